The smallest absolute Gasteiger partial charge is 0.337 e. The van der Waals surface area contributed by atoms with E-state index in [9.17, 15) is 9.90 Å². The van der Waals surface area contributed by atoms with Crippen molar-refractivity contribution in [2.45, 2.75) is 38.3 Å². The Bertz CT molecular complexity index is 750. The number of Topliss-reactive ketones (excluding diaryl/α,β-unsaturated/α-hetero) is 1. The van der Waals surface area contributed by atoms with E-state index in [0.29, 0.717) is 0 Å². The summed E-state index contributed by atoms with van der Waals surface area (Å²) in [7, 11) is 1.24. The van der Waals surface area contributed by atoms with Crippen molar-refractivity contribution in [3.05, 3.63) is 20.1 Å². The van der Waals surface area contributed by atoms with Crippen LogP contribution in [-0.2, 0) is 9.53 Å². The Kier molecular flexibility index (Phi) is 4.23. The lowest BCUT2D eigenvalue weighted by Crippen LogP contribution is -2.72. The summed E-state index contributed by atoms with van der Waals surface area (Å²) in [4.78, 5) is 12.7. The highest BCUT2D eigenvalue weighted by Gasteiger charge is 2.69. The van der Waals surface area contributed by atoms with Crippen LogP contribution in [0.25, 0.3) is 0 Å². The summed E-state index contributed by atoms with van der Waals surface area (Å²) in [6.07, 6.45) is 0.182. The zero-order valence-corrected chi connectivity index (χ0v) is 16.0. The molecule has 2 atom stereocenters. The first kappa shape index (κ1) is 18.4. The molecule has 1 aromatic carbocycles. The monoisotopic (exact) mass is 414 g/mol. The lowest BCUT2D eigenvalue weighted by atomic mass is 9.70. The number of aliphatic hydroxyl groups is 1. The molecule has 1 aliphatic heterocycles. The van der Waals surface area contributed by atoms with Gasteiger partial charge in [-0.1, -0.05) is 60.3 Å². The number of carbonyl (C=O) groups excluding carboxylic acids is 1. The maximum atomic E-state index is 12.7. The van der Waals surface area contributed by atoms with Crippen molar-refractivity contribution in [2.24, 2.45) is 5.41 Å². The van der Waals surface area contributed by atoms with Crippen LogP contribution in [0.2, 0.25) is 20.1 Å². The Hall–Kier alpha value is -0.430. The van der Waals surface area contributed by atoms with Gasteiger partial charge in [0.25, 0.3) is 5.79 Å². The normalized spacial score (nSPS) is 30.9. The Morgan fingerprint density at radius 1 is 1.00 bits per heavy atom. The zero-order valence-electron chi connectivity index (χ0n) is 13.0. The van der Waals surface area contributed by atoms with Gasteiger partial charge < -0.3 is 19.3 Å². The number of hydrogen-bond donors (Lipinski definition) is 1. The Labute approximate surface area is 158 Å². The third-order valence-corrected chi connectivity index (χ3v) is 5.99. The zero-order chi connectivity index (χ0) is 18.1. The molecular formula is C15H14Cl4O5. The maximum absolute atomic E-state index is 12.7. The first-order valence-corrected chi connectivity index (χ1v) is 8.54. The summed E-state index contributed by atoms with van der Waals surface area (Å²) in [6, 6.07) is 0. The number of halogens is 4. The Balaban J connectivity index is 2.26. The molecule has 24 heavy (non-hydrogen) atoms. The van der Waals surface area contributed by atoms with Gasteiger partial charge in [-0.3, -0.25) is 4.79 Å². The molecule has 0 spiro atoms. The molecule has 1 heterocycles. The van der Waals surface area contributed by atoms with Crippen LogP contribution in [-0.4, -0.2) is 29.6 Å². The number of carbonyl (C=O) groups is 1. The molecule has 1 aromatic rings. The predicted molar refractivity (Wildman–Crippen MR) is 90.4 cm³/mol. The second-order valence-corrected chi connectivity index (χ2v) is 8.18. The first-order valence-electron chi connectivity index (χ1n) is 7.03. The molecule has 0 aromatic heterocycles. The van der Waals surface area contributed by atoms with Gasteiger partial charge >= 0.3 is 5.79 Å². The fraction of sp³-hybridized carbons (Fsp3) is 0.533. The summed E-state index contributed by atoms with van der Waals surface area (Å²) in [6.45, 7) is 3.65. The van der Waals surface area contributed by atoms with Crippen molar-refractivity contribution in [2.75, 3.05) is 7.11 Å². The number of hydrogen-bond acceptors (Lipinski definition) is 5. The average Bonchev–Trinajstić information content (AvgIpc) is 2.48. The van der Waals surface area contributed by atoms with Crippen LogP contribution in [0, 0.1) is 5.41 Å². The SMILES string of the molecule is COC12Oc3c(Cl)c(Cl)c(Cl)c(Cl)c3OC1(O)CC(C)(C)CC2=O. The van der Waals surface area contributed by atoms with Crippen LogP contribution in [0.15, 0.2) is 0 Å². The van der Waals surface area contributed by atoms with E-state index in [1.54, 1.807) is 0 Å². The third kappa shape index (κ3) is 2.33. The predicted octanol–water partition coefficient (Wildman–Crippen LogP) is 4.49. The van der Waals surface area contributed by atoms with Crippen molar-refractivity contribution >= 4 is 52.2 Å². The molecule has 132 valence electrons. The molecule has 2 unspecified atom stereocenters. The number of ketones is 1. The second-order valence-electron chi connectivity index (χ2n) is 6.66. The van der Waals surface area contributed by atoms with Gasteiger partial charge in [0.2, 0.25) is 5.78 Å². The number of ether oxygens (including phenoxy) is 3. The van der Waals surface area contributed by atoms with Gasteiger partial charge in [-0.2, -0.15) is 0 Å². The van der Waals surface area contributed by atoms with Crippen molar-refractivity contribution in [3.8, 4) is 11.5 Å². The van der Waals surface area contributed by atoms with Crippen LogP contribution in [0.5, 0.6) is 11.5 Å². The molecule has 1 aliphatic carbocycles. The van der Waals surface area contributed by atoms with Crippen LogP contribution in [0.1, 0.15) is 26.7 Å². The molecular weight excluding hydrogens is 402 g/mol. The molecule has 1 fully saturated rings. The van der Waals surface area contributed by atoms with E-state index < -0.39 is 22.8 Å². The summed E-state index contributed by atoms with van der Waals surface area (Å²) < 4.78 is 16.7. The van der Waals surface area contributed by atoms with Crippen LogP contribution >= 0.6 is 46.4 Å². The molecule has 0 amide bonds. The first-order chi connectivity index (χ1) is 11.0. The van der Waals surface area contributed by atoms with Gasteiger partial charge in [0.1, 0.15) is 10.0 Å². The largest absolute Gasteiger partial charge is 0.449 e. The molecule has 5 nitrogen and oxygen atoms in total. The lowest BCUT2D eigenvalue weighted by Gasteiger charge is -2.53. The van der Waals surface area contributed by atoms with E-state index >= 15 is 0 Å². The van der Waals surface area contributed by atoms with E-state index in [1.807, 2.05) is 13.8 Å². The fourth-order valence-corrected chi connectivity index (χ4v) is 4.13. The average molecular weight is 416 g/mol. The summed E-state index contributed by atoms with van der Waals surface area (Å²) in [5.41, 5.74) is -0.540. The third-order valence-electron chi connectivity index (χ3n) is 4.23. The standard InChI is InChI=1S/C15H14Cl4O5/c1-13(2)4-6(20)15(22-3)14(21,5-13)23-11-9(18)7(16)8(17)10(19)12(11)24-15/h21H,4-5H2,1-3H3. The molecule has 0 saturated heterocycles. The molecule has 9 heteroatoms. The lowest BCUT2D eigenvalue weighted by molar-refractivity contribution is -0.350. The van der Waals surface area contributed by atoms with E-state index in [0.717, 1.165) is 0 Å². The highest BCUT2D eigenvalue weighted by atomic mass is 35.5. The minimum absolute atomic E-state index is 0.0411. The van der Waals surface area contributed by atoms with Gasteiger partial charge in [-0.15, -0.1) is 0 Å². The highest BCUT2D eigenvalue weighted by molar-refractivity contribution is 6.53. The van der Waals surface area contributed by atoms with E-state index in [2.05, 4.69) is 0 Å². The van der Waals surface area contributed by atoms with Crippen LogP contribution in [0.3, 0.4) is 0 Å². The van der Waals surface area contributed by atoms with Crippen molar-refractivity contribution in [1.29, 1.82) is 0 Å². The van der Waals surface area contributed by atoms with E-state index in [4.69, 9.17) is 60.6 Å². The summed E-state index contributed by atoms with van der Waals surface area (Å²) in [5, 5.41) is 10.8. The summed E-state index contributed by atoms with van der Waals surface area (Å²) in [5.74, 6) is -4.84. The molecule has 3 rings (SSSR count). The minimum Gasteiger partial charge on any atom is -0.449 e. The van der Waals surface area contributed by atoms with Crippen molar-refractivity contribution in [1.82, 2.24) is 0 Å². The molecule has 2 aliphatic rings. The number of methoxy groups -OCH3 is 1. The molecule has 0 radical (unpaired) electrons. The van der Waals surface area contributed by atoms with Gasteiger partial charge in [0, 0.05) is 20.0 Å². The Morgan fingerprint density at radius 2 is 1.50 bits per heavy atom. The van der Waals surface area contributed by atoms with Gasteiger partial charge in [-0.05, 0) is 5.41 Å². The quantitative estimate of drug-likeness (QED) is 0.540. The maximum Gasteiger partial charge on any atom is 0.337 e. The Morgan fingerprint density at radius 3 is 2.00 bits per heavy atom. The topological polar surface area (TPSA) is 65.0 Å². The molecule has 0 bridgehead atoms. The summed E-state index contributed by atoms with van der Waals surface area (Å²) >= 11 is 24.4. The number of rotatable bonds is 1. The van der Waals surface area contributed by atoms with Gasteiger partial charge in [0.05, 0.1) is 10.0 Å². The van der Waals surface area contributed by atoms with E-state index in [-0.39, 0.29) is 44.4 Å². The number of fused-ring (bicyclic) bond motifs is 2. The number of benzene rings is 1. The molecule has 1 saturated carbocycles. The van der Waals surface area contributed by atoms with Gasteiger partial charge in [-0.25, -0.2) is 0 Å². The minimum atomic E-state index is -2.10. The van der Waals surface area contributed by atoms with E-state index in [1.165, 1.54) is 7.11 Å². The molecule has 1 N–H and O–H groups in total. The highest BCUT2D eigenvalue weighted by Crippen LogP contribution is 2.59. The second kappa shape index (κ2) is 5.53. The van der Waals surface area contributed by atoms with Gasteiger partial charge in [0.15, 0.2) is 11.5 Å². The van der Waals surface area contributed by atoms with Crippen molar-refractivity contribution in [3.63, 3.8) is 0 Å². The van der Waals surface area contributed by atoms with Crippen LogP contribution < -0.4 is 9.47 Å². The van der Waals surface area contributed by atoms with Crippen LogP contribution in [0.4, 0.5) is 0 Å². The fourth-order valence-electron chi connectivity index (χ4n) is 3.24. The van der Waals surface area contributed by atoms with Crippen molar-refractivity contribution < 1.29 is 24.1 Å².